The summed E-state index contributed by atoms with van der Waals surface area (Å²) in [6.07, 6.45) is -4.78. The highest BCUT2D eigenvalue weighted by atomic mass is 19.4. The maximum absolute atomic E-state index is 13.2. The van der Waals surface area contributed by atoms with E-state index in [9.17, 15) is 23.1 Å². The zero-order valence-electron chi connectivity index (χ0n) is 13.3. The van der Waals surface area contributed by atoms with Gasteiger partial charge in [0.05, 0.1) is 18.8 Å². The van der Waals surface area contributed by atoms with Crippen LogP contribution in [-0.4, -0.2) is 41.9 Å². The molecule has 1 aromatic rings. The van der Waals surface area contributed by atoms with Crippen LogP contribution in [0.1, 0.15) is 35.4 Å². The first-order valence-electron chi connectivity index (χ1n) is 7.40. The van der Waals surface area contributed by atoms with E-state index in [1.165, 1.54) is 31.1 Å². The fourth-order valence-electron chi connectivity index (χ4n) is 2.49. The Balaban J connectivity index is 2.23. The van der Waals surface area contributed by atoms with E-state index < -0.39 is 30.1 Å². The van der Waals surface area contributed by atoms with Gasteiger partial charge < -0.3 is 20.1 Å². The van der Waals surface area contributed by atoms with Crippen LogP contribution in [0.15, 0.2) is 36.2 Å². The highest BCUT2D eigenvalue weighted by molar-refractivity contribution is 5.89. The predicted octanol–water partition coefficient (Wildman–Crippen LogP) is 2.55. The quantitative estimate of drug-likeness (QED) is 0.804. The smallest absolute Gasteiger partial charge is 0.432 e. The molecule has 2 atom stereocenters. The van der Waals surface area contributed by atoms with Crippen LogP contribution < -0.4 is 5.32 Å². The van der Waals surface area contributed by atoms with Gasteiger partial charge in [0, 0.05) is 12.7 Å². The molecule has 5 nitrogen and oxygen atoms in total. The lowest BCUT2D eigenvalue weighted by Crippen LogP contribution is -2.35. The normalized spacial score (nSPS) is 18.8. The highest BCUT2D eigenvalue weighted by Crippen LogP contribution is 2.37. The summed E-state index contributed by atoms with van der Waals surface area (Å²) in [6, 6.07) is 6.15. The van der Waals surface area contributed by atoms with Gasteiger partial charge in [-0.3, -0.25) is 0 Å². The molecule has 8 heteroatoms. The third-order valence-corrected chi connectivity index (χ3v) is 3.72. The predicted molar refractivity (Wildman–Crippen MR) is 80.8 cm³/mol. The summed E-state index contributed by atoms with van der Waals surface area (Å²) in [6.45, 7) is 1.57. The van der Waals surface area contributed by atoms with Crippen LogP contribution in [0.2, 0.25) is 0 Å². The molecule has 0 spiro atoms. The summed E-state index contributed by atoms with van der Waals surface area (Å²) in [4.78, 5) is 12.6. The first-order chi connectivity index (χ1) is 11.2. The summed E-state index contributed by atoms with van der Waals surface area (Å²) < 4.78 is 44.1. The molecule has 1 aromatic carbocycles. The van der Waals surface area contributed by atoms with Gasteiger partial charge in [-0.25, -0.2) is 4.79 Å². The maximum atomic E-state index is 13.2. The Hall–Kier alpha value is -2.22. The van der Waals surface area contributed by atoms with Crippen LogP contribution in [0.25, 0.3) is 0 Å². The molecule has 1 aliphatic rings. The minimum absolute atomic E-state index is 0.0411. The second kappa shape index (κ2) is 7.12. The van der Waals surface area contributed by atoms with Crippen LogP contribution in [0, 0.1) is 0 Å². The number of alkyl halides is 3. The molecule has 0 saturated carbocycles. The summed E-state index contributed by atoms with van der Waals surface area (Å²) in [5, 5.41) is 12.1. The van der Waals surface area contributed by atoms with Crippen molar-refractivity contribution in [2.75, 3.05) is 13.7 Å². The highest BCUT2D eigenvalue weighted by Gasteiger charge is 2.43. The number of hydrogen-bond donors (Lipinski definition) is 2. The number of nitrogens with one attached hydrogen (secondary N) is 1. The van der Waals surface area contributed by atoms with E-state index >= 15 is 0 Å². The Morgan fingerprint density at radius 2 is 2.00 bits per heavy atom. The number of aliphatic hydroxyl groups is 1. The number of carbonyl (C=O) groups excluding carboxylic acids is 1. The van der Waals surface area contributed by atoms with Crippen molar-refractivity contribution in [2.24, 2.45) is 0 Å². The number of hydrogen-bond acceptors (Lipinski definition) is 5. The SMILES string of the molecule is COC(=O)c1ccc(C2NC=C(C(F)(F)F)N2CCC(C)O)cc1. The molecule has 2 rings (SSSR count). The van der Waals surface area contributed by atoms with E-state index in [1.807, 2.05) is 0 Å². The van der Waals surface area contributed by atoms with Gasteiger partial charge in [-0.05, 0) is 31.0 Å². The van der Waals surface area contributed by atoms with Gasteiger partial charge in [-0.15, -0.1) is 0 Å². The fraction of sp³-hybridized carbons (Fsp3) is 0.438. The largest absolute Gasteiger partial charge is 0.465 e. The summed E-state index contributed by atoms with van der Waals surface area (Å²) in [5.41, 5.74) is 0.104. The monoisotopic (exact) mass is 344 g/mol. The second-order valence-corrected chi connectivity index (χ2v) is 5.54. The van der Waals surface area contributed by atoms with E-state index in [-0.39, 0.29) is 13.0 Å². The molecule has 2 unspecified atom stereocenters. The molecule has 24 heavy (non-hydrogen) atoms. The Morgan fingerprint density at radius 3 is 2.50 bits per heavy atom. The zero-order chi connectivity index (χ0) is 17.9. The fourth-order valence-corrected chi connectivity index (χ4v) is 2.49. The Labute approximate surface area is 137 Å². The molecule has 0 aromatic heterocycles. The van der Waals surface area contributed by atoms with E-state index in [1.54, 1.807) is 12.1 Å². The molecular weight excluding hydrogens is 325 g/mol. The van der Waals surface area contributed by atoms with Crippen molar-refractivity contribution >= 4 is 5.97 Å². The molecule has 132 valence electrons. The lowest BCUT2D eigenvalue weighted by molar-refractivity contribution is -0.113. The number of ether oxygens (including phenoxy) is 1. The Morgan fingerprint density at radius 1 is 1.38 bits per heavy atom. The minimum Gasteiger partial charge on any atom is -0.465 e. The number of benzene rings is 1. The van der Waals surface area contributed by atoms with E-state index in [0.717, 1.165) is 6.20 Å². The molecule has 0 bridgehead atoms. The molecule has 1 heterocycles. The number of aliphatic hydroxyl groups excluding tert-OH is 1. The van der Waals surface area contributed by atoms with E-state index in [0.29, 0.717) is 11.1 Å². The average molecular weight is 344 g/mol. The van der Waals surface area contributed by atoms with E-state index in [2.05, 4.69) is 10.1 Å². The summed E-state index contributed by atoms with van der Waals surface area (Å²) in [5.74, 6) is -0.513. The van der Waals surface area contributed by atoms with Gasteiger partial charge in [0.25, 0.3) is 0 Å². The first kappa shape index (κ1) is 18.1. The number of nitrogens with zero attached hydrogens (tertiary/aromatic N) is 1. The number of methoxy groups -OCH3 is 1. The van der Waals surface area contributed by atoms with Crippen molar-refractivity contribution in [3.8, 4) is 0 Å². The van der Waals surface area contributed by atoms with Crippen LogP contribution in [0.5, 0.6) is 0 Å². The third-order valence-electron chi connectivity index (χ3n) is 3.72. The molecule has 2 N–H and O–H groups in total. The third kappa shape index (κ3) is 4.00. The molecule has 0 fully saturated rings. The molecule has 0 radical (unpaired) electrons. The zero-order valence-corrected chi connectivity index (χ0v) is 13.3. The van der Waals surface area contributed by atoms with E-state index in [4.69, 9.17) is 0 Å². The van der Waals surface area contributed by atoms with Gasteiger partial charge in [0.2, 0.25) is 0 Å². The van der Waals surface area contributed by atoms with Crippen molar-refractivity contribution in [3.63, 3.8) is 0 Å². The van der Waals surface area contributed by atoms with Gasteiger partial charge in [0.15, 0.2) is 0 Å². The van der Waals surface area contributed by atoms with Gasteiger partial charge in [-0.1, -0.05) is 12.1 Å². The maximum Gasteiger partial charge on any atom is 0.432 e. The average Bonchev–Trinajstić information content (AvgIpc) is 2.96. The van der Waals surface area contributed by atoms with Gasteiger partial charge in [0.1, 0.15) is 11.9 Å². The number of allylic oxidation sites excluding steroid dienone is 1. The molecule has 0 amide bonds. The number of rotatable bonds is 5. The molecule has 0 saturated heterocycles. The van der Waals surface area contributed by atoms with Crippen molar-refractivity contribution < 1.29 is 27.8 Å². The Bertz CT molecular complexity index is 612. The molecular formula is C16H19F3N2O3. The standard InChI is InChI=1S/C16H19F3N2O3/c1-10(22)7-8-21-13(16(17,18)19)9-20-14(21)11-3-5-12(6-4-11)15(23)24-2/h3-6,9-10,14,20,22H,7-8H2,1-2H3. The van der Waals surface area contributed by atoms with Crippen molar-refractivity contribution in [2.45, 2.75) is 31.8 Å². The van der Waals surface area contributed by atoms with Gasteiger partial charge in [-0.2, -0.15) is 13.2 Å². The molecule has 0 aliphatic carbocycles. The number of carbonyl (C=O) groups is 1. The van der Waals surface area contributed by atoms with Crippen LogP contribution in [-0.2, 0) is 4.74 Å². The first-order valence-corrected chi connectivity index (χ1v) is 7.40. The Kier molecular flexibility index (Phi) is 5.38. The summed E-state index contributed by atoms with van der Waals surface area (Å²) >= 11 is 0. The summed E-state index contributed by atoms with van der Waals surface area (Å²) in [7, 11) is 1.26. The minimum atomic E-state index is -4.49. The molecule has 1 aliphatic heterocycles. The second-order valence-electron chi connectivity index (χ2n) is 5.54. The lowest BCUT2D eigenvalue weighted by Gasteiger charge is -2.30. The van der Waals surface area contributed by atoms with Crippen LogP contribution in [0.3, 0.4) is 0 Å². The topological polar surface area (TPSA) is 61.8 Å². The number of esters is 1. The van der Waals surface area contributed by atoms with Crippen LogP contribution in [0.4, 0.5) is 13.2 Å². The van der Waals surface area contributed by atoms with Gasteiger partial charge >= 0.3 is 12.1 Å². The number of halogens is 3. The van der Waals surface area contributed by atoms with Crippen molar-refractivity contribution in [3.05, 3.63) is 47.3 Å². The van der Waals surface area contributed by atoms with Crippen LogP contribution >= 0.6 is 0 Å². The van der Waals surface area contributed by atoms with Crippen molar-refractivity contribution in [1.82, 2.24) is 10.2 Å². The lowest BCUT2D eigenvalue weighted by atomic mass is 10.1. The van der Waals surface area contributed by atoms with Crippen molar-refractivity contribution in [1.29, 1.82) is 0 Å².